The third kappa shape index (κ3) is 4.15. The molecule has 0 radical (unpaired) electrons. The van der Waals surface area contributed by atoms with Crippen molar-refractivity contribution in [2.75, 3.05) is 12.4 Å². The Morgan fingerprint density at radius 3 is 2.52 bits per heavy atom. The fraction of sp³-hybridized carbons (Fsp3) is 0.150. The summed E-state index contributed by atoms with van der Waals surface area (Å²) in [5.41, 5.74) is 1.75. The van der Waals surface area contributed by atoms with Gasteiger partial charge in [0.25, 0.3) is 0 Å². The number of carbonyl (C=O) groups excluding carboxylic acids is 2. The minimum absolute atomic E-state index is 0.168. The van der Waals surface area contributed by atoms with Gasteiger partial charge in [0.05, 0.1) is 13.5 Å². The van der Waals surface area contributed by atoms with Gasteiger partial charge < -0.3 is 15.2 Å². The number of fused-ring (bicyclic) bond motifs is 1. The predicted octanol–water partition coefficient (Wildman–Crippen LogP) is 4.16. The number of aliphatic carboxylic acids is 1. The molecular formula is C20H17NO5S. The quantitative estimate of drug-likeness (QED) is 0.624. The SMILES string of the molecule is COC(=O)c1c(-c2ccc3ccccc3c2)csc1NC(=O)CCC(=O)O. The number of amides is 1. The number of benzene rings is 2. The summed E-state index contributed by atoms with van der Waals surface area (Å²) in [5, 5.41) is 15.6. The van der Waals surface area contributed by atoms with Crippen LogP contribution in [-0.2, 0) is 14.3 Å². The molecule has 1 heterocycles. The van der Waals surface area contributed by atoms with Gasteiger partial charge in [0, 0.05) is 17.4 Å². The molecule has 0 aliphatic carbocycles. The van der Waals surface area contributed by atoms with Crippen molar-refractivity contribution in [3.8, 4) is 11.1 Å². The summed E-state index contributed by atoms with van der Waals surface area (Å²) in [6.07, 6.45) is -0.443. The second-order valence-electron chi connectivity index (χ2n) is 5.85. The first-order chi connectivity index (χ1) is 13.0. The minimum atomic E-state index is -1.05. The Hall–Kier alpha value is -3.19. The number of carboxylic acid groups (broad SMARTS) is 1. The topological polar surface area (TPSA) is 92.7 Å². The van der Waals surface area contributed by atoms with Crippen molar-refractivity contribution in [1.82, 2.24) is 0 Å². The van der Waals surface area contributed by atoms with Crippen molar-refractivity contribution in [2.45, 2.75) is 12.8 Å². The van der Waals surface area contributed by atoms with Crippen LogP contribution in [0.5, 0.6) is 0 Å². The number of methoxy groups -OCH3 is 1. The summed E-state index contributed by atoms with van der Waals surface area (Å²) in [6, 6.07) is 13.7. The second kappa shape index (κ2) is 8.01. The van der Waals surface area contributed by atoms with Crippen LogP contribution in [0.15, 0.2) is 47.8 Å². The normalized spacial score (nSPS) is 10.6. The number of carboxylic acids is 1. The molecule has 1 aromatic heterocycles. The lowest BCUT2D eigenvalue weighted by atomic mass is 10.00. The highest BCUT2D eigenvalue weighted by molar-refractivity contribution is 7.15. The Labute approximate surface area is 159 Å². The highest BCUT2D eigenvalue weighted by atomic mass is 32.1. The molecule has 3 aromatic rings. The Morgan fingerprint density at radius 1 is 1.07 bits per heavy atom. The van der Waals surface area contributed by atoms with Gasteiger partial charge in [-0.25, -0.2) is 4.79 Å². The van der Waals surface area contributed by atoms with E-state index in [0.717, 1.165) is 16.3 Å². The molecule has 0 spiro atoms. The molecule has 1 amide bonds. The largest absolute Gasteiger partial charge is 0.481 e. The molecule has 0 atom stereocenters. The number of nitrogens with one attached hydrogen (secondary N) is 1. The van der Waals surface area contributed by atoms with Crippen LogP contribution >= 0.6 is 11.3 Å². The van der Waals surface area contributed by atoms with Gasteiger partial charge in [-0.15, -0.1) is 11.3 Å². The van der Waals surface area contributed by atoms with Crippen LogP contribution in [0.3, 0.4) is 0 Å². The number of thiophene rings is 1. The van der Waals surface area contributed by atoms with Crippen LogP contribution in [-0.4, -0.2) is 30.1 Å². The molecule has 6 nitrogen and oxygen atoms in total. The Bertz CT molecular complexity index is 1020. The van der Waals surface area contributed by atoms with E-state index in [9.17, 15) is 14.4 Å². The van der Waals surface area contributed by atoms with Crippen LogP contribution in [0.4, 0.5) is 5.00 Å². The molecular weight excluding hydrogens is 366 g/mol. The Kier molecular flexibility index (Phi) is 5.52. The van der Waals surface area contributed by atoms with E-state index in [1.54, 1.807) is 5.38 Å². The highest BCUT2D eigenvalue weighted by Crippen LogP contribution is 2.37. The monoisotopic (exact) mass is 383 g/mol. The van der Waals surface area contributed by atoms with Crippen LogP contribution in [0.2, 0.25) is 0 Å². The van der Waals surface area contributed by atoms with Crippen LogP contribution in [0, 0.1) is 0 Å². The van der Waals surface area contributed by atoms with Gasteiger partial charge >= 0.3 is 11.9 Å². The molecule has 0 fully saturated rings. The van der Waals surface area contributed by atoms with Gasteiger partial charge in [-0.2, -0.15) is 0 Å². The summed E-state index contributed by atoms with van der Waals surface area (Å²) in [4.78, 5) is 34.9. The maximum Gasteiger partial charge on any atom is 0.341 e. The summed E-state index contributed by atoms with van der Waals surface area (Å²) in [5.74, 6) is -2.08. The molecule has 3 rings (SSSR count). The average Bonchev–Trinajstić information content (AvgIpc) is 3.08. The maximum atomic E-state index is 12.3. The summed E-state index contributed by atoms with van der Waals surface area (Å²) in [7, 11) is 1.28. The zero-order chi connectivity index (χ0) is 19.4. The number of carbonyl (C=O) groups is 3. The van der Waals surface area contributed by atoms with Gasteiger partial charge in [-0.3, -0.25) is 9.59 Å². The van der Waals surface area contributed by atoms with Crippen molar-refractivity contribution in [2.24, 2.45) is 0 Å². The number of hydrogen-bond donors (Lipinski definition) is 2. The number of ether oxygens (including phenoxy) is 1. The fourth-order valence-electron chi connectivity index (χ4n) is 2.73. The zero-order valence-electron chi connectivity index (χ0n) is 14.5. The molecule has 0 aliphatic rings. The standard InChI is InChI=1S/C20H17NO5S/c1-26-20(25)18-15(11-27-19(18)21-16(22)8-9-17(23)24)14-7-6-12-4-2-3-5-13(12)10-14/h2-7,10-11H,8-9H2,1H3,(H,21,22)(H,23,24). The molecule has 2 N–H and O–H groups in total. The van der Waals surface area contributed by atoms with Crippen molar-refractivity contribution in [1.29, 1.82) is 0 Å². The van der Waals surface area contributed by atoms with Crippen molar-refractivity contribution >= 4 is 45.0 Å². The number of esters is 1. The number of hydrogen-bond acceptors (Lipinski definition) is 5. The molecule has 7 heteroatoms. The van der Waals surface area contributed by atoms with Crippen molar-refractivity contribution in [3.05, 3.63) is 53.4 Å². The molecule has 138 valence electrons. The zero-order valence-corrected chi connectivity index (χ0v) is 15.3. The molecule has 0 aliphatic heterocycles. The first-order valence-corrected chi connectivity index (χ1v) is 9.08. The van der Waals surface area contributed by atoms with E-state index < -0.39 is 17.8 Å². The summed E-state index contributed by atoms with van der Waals surface area (Å²) < 4.78 is 4.89. The van der Waals surface area contributed by atoms with Crippen LogP contribution < -0.4 is 5.32 Å². The van der Waals surface area contributed by atoms with E-state index in [2.05, 4.69) is 5.32 Å². The average molecular weight is 383 g/mol. The number of anilines is 1. The van der Waals surface area contributed by atoms with Gasteiger partial charge in [0.15, 0.2) is 0 Å². The van der Waals surface area contributed by atoms with E-state index in [1.165, 1.54) is 18.4 Å². The van der Waals surface area contributed by atoms with Gasteiger partial charge in [0.1, 0.15) is 10.6 Å². The van der Waals surface area contributed by atoms with E-state index >= 15 is 0 Å². The van der Waals surface area contributed by atoms with Crippen LogP contribution in [0.25, 0.3) is 21.9 Å². The third-order valence-electron chi connectivity index (χ3n) is 4.06. The molecule has 2 aromatic carbocycles. The first kappa shape index (κ1) is 18.6. The van der Waals surface area contributed by atoms with Gasteiger partial charge in [-0.05, 0) is 22.4 Å². The molecule has 0 unspecified atom stereocenters. The predicted molar refractivity (Wildman–Crippen MR) is 104 cm³/mol. The third-order valence-corrected chi connectivity index (χ3v) is 4.96. The lowest BCUT2D eigenvalue weighted by Crippen LogP contribution is -2.15. The number of rotatable bonds is 6. The lowest BCUT2D eigenvalue weighted by Gasteiger charge is -2.08. The first-order valence-electron chi connectivity index (χ1n) is 8.20. The molecule has 0 bridgehead atoms. The van der Waals surface area contributed by atoms with Crippen molar-refractivity contribution in [3.63, 3.8) is 0 Å². The molecule has 0 saturated carbocycles. The van der Waals surface area contributed by atoms with Gasteiger partial charge in [0.2, 0.25) is 5.91 Å². The minimum Gasteiger partial charge on any atom is -0.481 e. The Balaban J connectivity index is 1.97. The fourth-order valence-corrected chi connectivity index (χ4v) is 3.71. The highest BCUT2D eigenvalue weighted by Gasteiger charge is 2.22. The van der Waals surface area contributed by atoms with E-state index in [-0.39, 0.29) is 18.4 Å². The second-order valence-corrected chi connectivity index (χ2v) is 6.73. The van der Waals surface area contributed by atoms with Crippen molar-refractivity contribution < 1.29 is 24.2 Å². The lowest BCUT2D eigenvalue weighted by molar-refractivity contribution is -0.138. The van der Waals surface area contributed by atoms with E-state index in [1.807, 2.05) is 42.5 Å². The summed E-state index contributed by atoms with van der Waals surface area (Å²) in [6.45, 7) is 0. The van der Waals surface area contributed by atoms with Gasteiger partial charge in [-0.1, -0.05) is 36.4 Å². The molecule has 0 saturated heterocycles. The van der Waals surface area contributed by atoms with E-state index in [4.69, 9.17) is 9.84 Å². The van der Waals surface area contributed by atoms with E-state index in [0.29, 0.717) is 10.6 Å². The smallest absolute Gasteiger partial charge is 0.341 e. The maximum absolute atomic E-state index is 12.3. The molecule has 27 heavy (non-hydrogen) atoms. The van der Waals surface area contributed by atoms with Crippen LogP contribution in [0.1, 0.15) is 23.2 Å². The summed E-state index contributed by atoms with van der Waals surface area (Å²) >= 11 is 1.20. The Morgan fingerprint density at radius 2 is 1.81 bits per heavy atom.